The Hall–Kier alpha value is -1.23. The van der Waals surface area contributed by atoms with Gasteiger partial charge >= 0.3 is 0 Å². The molecular weight excluding hydrogens is 216 g/mol. The highest BCUT2D eigenvalue weighted by atomic mass is 32.1. The van der Waals surface area contributed by atoms with Crippen LogP contribution < -0.4 is 5.73 Å². The minimum atomic E-state index is -1.20. The number of H-pyrrole nitrogens is 1. The number of nitrogens with zero attached hydrogens (tertiary/aromatic N) is 2. The predicted molar refractivity (Wildman–Crippen MR) is 57.2 cm³/mol. The van der Waals surface area contributed by atoms with Crippen molar-refractivity contribution >= 4 is 18.4 Å². The van der Waals surface area contributed by atoms with Crippen LogP contribution in [0.2, 0.25) is 0 Å². The molecule has 6 nitrogen and oxygen atoms in total. The first-order valence-electron chi connectivity index (χ1n) is 4.32. The van der Waals surface area contributed by atoms with Crippen molar-refractivity contribution in [2.24, 2.45) is 0 Å². The molecule has 0 bridgehead atoms. The van der Waals surface area contributed by atoms with Crippen LogP contribution in [0.4, 0.5) is 5.82 Å². The monoisotopic (exact) mass is 228 g/mol. The van der Waals surface area contributed by atoms with E-state index in [1.54, 1.807) is 0 Å². The van der Waals surface area contributed by atoms with Crippen LogP contribution in [0.3, 0.4) is 0 Å². The predicted octanol–water partition coefficient (Wildman–Crippen LogP) is -0.422. The van der Waals surface area contributed by atoms with E-state index >= 15 is 0 Å². The molecule has 1 heterocycles. The summed E-state index contributed by atoms with van der Waals surface area (Å²) in [7, 11) is 0. The van der Waals surface area contributed by atoms with E-state index in [2.05, 4.69) is 22.8 Å². The summed E-state index contributed by atoms with van der Waals surface area (Å²) in [5.41, 5.74) is 5.60. The van der Waals surface area contributed by atoms with Gasteiger partial charge in [0.2, 0.25) is 0 Å². The molecule has 0 saturated carbocycles. The molecule has 0 radical (unpaired) electrons. The van der Waals surface area contributed by atoms with E-state index in [0.717, 1.165) is 0 Å². The molecule has 1 aromatic heterocycles. The zero-order valence-electron chi connectivity index (χ0n) is 7.88. The SMILES string of the molecule is N#Cc1c(N)n[nH]c1C(O)C(O)CCS. The molecule has 2 atom stereocenters. The van der Waals surface area contributed by atoms with Crippen LogP contribution in [0.25, 0.3) is 0 Å². The van der Waals surface area contributed by atoms with E-state index in [1.165, 1.54) is 0 Å². The molecule has 15 heavy (non-hydrogen) atoms. The number of hydrogen-bond acceptors (Lipinski definition) is 6. The molecule has 0 aliphatic heterocycles. The fourth-order valence-corrected chi connectivity index (χ4v) is 1.45. The number of aliphatic hydroxyl groups excluding tert-OH is 2. The molecule has 0 spiro atoms. The number of rotatable bonds is 4. The third-order valence-corrected chi connectivity index (χ3v) is 2.28. The second-order valence-electron chi connectivity index (χ2n) is 3.03. The van der Waals surface area contributed by atoms with E-state index in [1.807, 2.05) is 6.07 Å². The van der Waals surface area contributed by atoms with Gasteiger partial charge in [-0.25, -0.2) is 0 Å². The van der Waals surface area contributed by atoms with Crippen molar-refractivity contribution in [3.05, 3.63) is 11.3 Å². The van der Waals surface area contributed by atoms with Gasteiger partial charge in [-0.1, -0.05) is 0 Å². The fourth-order valence-electron chi connectivity index (χ4n) is 1.18. The quantitative estimate of drug-likeness (QED) is 0.448. The summed E-state index contributed by atoms with van der Waals surface area (Å²) in [4.78, 5) is 0. The van der Waals surface area contributed by atoms with Crippen molar-refractivity contribution < 1.29 is 10.2 Å². The number of aliphatic hydroxyl groups is 2. The summed E-state index contributed by atoms with van der Waals surface area (Å²) in [6, 6.07) is 1.81. The third kappa shape index (κ3) is 2.41. The lowest BCUT2D eigenvalue weighted by Gasteiger charge is -2.15. The largest absolute Gasteiger partial charge is 0.390 e. The van der Waals surface area contributed by atoms with Gasteiger partial charge in [0, 0.05) is 0 Å². The maximum absolute atomic E-state index is 9.68. The van der Waals surface area contributed by atoms with Crippen LogP contribution in [0.1, 0.15) is 23.8 Å². The number of nitrogens with two attached hydrogens (primary N) is 1. The number of hydrogen-bond donors (Lipinski definition) is 5. The highest BCUT2D eigenvalue weighted by Gasteiger charge is 2.24. The van der Waals surface area contributed by atoms with Crippen molar-refractivity contribution in [3.63, 3.8) is 0 Å². The summed E-state index contributed by atoms with van der Waals surface area (Å²) in [5, 5.41) is 34.0. The molecule has 1 aromatic rings. The highest BCUT2D eigenvalue weighted by Crippen LogP contribution is 2.23. The first-order valence-corrected chi connectivity index (χ1v) is 4.95. The molecule has 0 aliphatic rings. The highest BCUT2D eigenvalue weighted by molar-refractivity contribution is 7.80. The summed E-state index contributed by atoms with van der Waals surface area (Å²) < 4.78 is 0. The van der Waals surface area contributed by atoms with Crippen molar-refractivity contribution in [2.45, 2.75) is 18.6 Å². The number of nitriles is 1. The molecule has 0 saturated heterocycles. The zero-order valence-corrected chi connectivity index (χ0v) is 8.78. The Labute approximate surface area is 92.1 Å². The van der Waals surface area contributed by atoms with Gasteiger partial charge in [-0.2, -0.15) is 23.0 Å². The average Bonchev–Trinajstić information content (AvgIpc) is 2.58. The average molecular weight is 228 g/mol. The molecule has 0 fully saturated rings. The molecule has 0 aliphatic carbocycles. The number of nitrogen functional groups attached to an aromatic ring is 1. The van der Waals surface area contributed by atoms with E-state index in [0.29, 0.717) is 12.2 Å². The van der Waals surface area contributed by atoms with Crippen LogP contribution in [-0.2, 0) is 0 Å². The Bertz CT molecular complexity index is 373. The van der Waals surface area contributed by atoms with E-state index in [-0.39, 0.29) is 17.1 Å². The smallest absolute Gasteiger partial charge is 0.163 e. The minimum absolute atomic E-state index is 0.0182. The van der Waals surface area contributed by atoms with Gasteiger partial charge in [0.05, 0.1) is 11.8 Å². The van der Waals surface area contributed by atoms with Gasteiger partial charge in [-0.05, 0) is 12.2 Å². The van der Waals surface area contributed by atoms with E-state index in [9.17, 15) is 10.2 Å². The molecule has 0 amide bonds. The lowest BCUT2D eigenvalue weighted by atomic mass is 10.1. The molecular formula is C8H12N4O2S. The third-order valence-electron chi connectivity index (χ3n) is 2.02. The van der Waals surface area contributed by atoms with Crippen LogP contribution in [0, 0.1) is 11.3 Å². The van der Waals surface area contributed by atoms with E-state index < -0.39 is 12.2 Å². The number of thiol groups is 1. The van der Waals surface area contributed by atoms with Gasteiger partial charge in [-0.15, -0.1) is 0 Å². The van der Waals surface area contributed by atoms with Crippen molar-refractivity contribution in [1.29, 1.82) is 5.26 Å². The summed E-state index contributed by atoms with van der Waals surface area (Å²) >= 11 is 3.93. The first-order chi connectivity index (χ1) is 7.11. The lowest BCUT2D eigenvalue weighted by molar-refractivity contribution is 0.0145. The number of aromatic nitrogens is 2. The standard InChI is InChI=1S/C8H12N4O2S/c9-3-4-6(11-12-8(4)10)7(14)5(13)1-2-15/h5,7,13-15H,1-2H2,(H3,10,11,12). The van der Waals surface area contributed by atoms with Gasteiger partial charge in [0.1, 0.15) is 17.7 Å². The summed E-state index contributed by atoms with van der Waals surface area (Å²) in [5.74, 6) is 0.452. The lowest BCUT2D eigenvalue weighted by Crippen LogP contribution is -2.19. The topological polar surface area (TPSA) is 119 Å². The first kappa shape index (κ1) is 11.8. The number of nitrogens with one attached hydrogen (secondary N) is 1. The maximum atomic E-state index is 9.68. The van der Waals surface area contributed by atoms with Crippen LogP contribution >= 0.6 is 12.6 Å². The molecule has 0 aromatic carbocycles. The van der Waals surface area contributed by atoms with Gasteiger partial charge < -0.3 is 15.9 Å². The van der Waals surface area contributed by atoms with Gasteiger partial charge in [0.25, 0.3) is 0 Å². The molecule has 1 rings (SSSR count). The Morgan fingerprint density at radius 3 is 2.80 bits per heavy atom. The number of aromatic amines is 1. The van der Waals surface area contributed by atoms with Crippen molar-refractivity contribution in [2.75, 3.05) is 11.5 Å². The van der Waals surface area contributed by atoms with Crippen molar-refractivity contribution in [1.82, 2.24) is 10.2 Å². The second-order valence-corrected chi connectivity index (χ2v) is 3.48. The Morgan fingerprint density at radius 1 is 1.60 bits per heavy atom. The number of anilines is 1. The summed E-state index contributed by atoms with van der Waals surface area (Å²) in [6.45, 7) is 0. The van der Waals surface area contributed by atoms with Crippen LogP contribution in [0.5, 0.6) is 0 Å². The van der Waals surface area contributed by atoms with Gasteiger partial charge in [-0.3, -0.25) is 5.10 Å². The molecule has 5 N–H and O–H groups in total. The molecule has 7 heteroatoms. The maximum Gasteiger partial charge on any atom is 0.163 e. The van der Waals surface area contributed by atoms with Crippen LogP contribution in [0.15, 0.2) is 0 Å². The zero-order chi connectivity index (χ0) is 11.4. The Kier molecular flexibility index (Phi) is 3.96. The Morgan fingerprint density at radius 2 is 2.27 bits per heavy atom. The van der Waals surface area contributed by atoms with Crippen LogP contribution in [-0.4, -0.2) is 32.3 Å². The fraction of sp³-hybridized carbons (Fsp3) is 0.500. The molecule has 82 valence electrons. The van der Waals surface area contributed by atoms with Crippen molar-refractivity contribution in [3.8, 4) is 6.07 Å². The minimum Gasteiger partial charge on any atom is -0.390 e. The second kappa shape index (κ2) is 5.02. The summed E-state index contributed by atoms with van der Waals surface area (Å²) in [6.07, 6.45) is -1.88. The van der Waals surface area contributed by atoms with Gasteiger partial charge in [0.15, 0.2) is 5.82 Å². The normalized spacial score (nSPS) is 14.5. The van der Waals surface area contributed by atoms with E-state index in [4.69, 9.17) is 11.0 Å². The Balaban J connectivity index is 2.91. The molecule has 2 unspecified atom stereocenters.